The fourth-order valence-electron chi connectivity index (χ4n) is 3.43. The minimum Gasteiger partial charge on any atom is -0.361 e. The molecule has 4 rings (SSSR count). The Morgan fingerprint density at radius 3 is 2.69 bits per heavy atom. The summed E-state index contributed by atoms with van der Waals surface area (Å²) < 4.78 is 14.1. The molecule has 0 spiro atoms. The van der Waals surface area contributed by atoms with Crippen molar-refractivity contribution in [1.82, 2.24) is 10.3 Å². The number of nitrogens with zero attached hydrogens (tertiary/aromatic N) is 1. The lowest BCUT2D eigenvalue weighted by Crippen LogP contribution is -2.37. The van der Waals surface area contributed by atoms with E-state index in [4.69, 9.17) is 11.6 Å². The average molecular weight is 449 g/mol. The molecule has 162 valence electrons. The van der Waals surface area contributed by atoms with Crippen molar-refractivity contribution in [3.05, 3.63) is 100 Å². The third-order valence-corrected chi connectivity index (χ3v) is 5.61. The maximum Gasteiger partial charge on any atom is 0.260 e. The van der Waals surface area contributed by atoms with Gasteiger partial charge in [0.2, 0.25) is 5.96 Å². The smallest absolute Gasteiger partial charge is 0.260 e. The van der Waals surface area contributed by atoms with Gasteiger partial charge in [-0.15, -0.1) is 0 Å². The number of halogens is 2. The van der Waals surface area contributed by atoms with Gasteiger partial charge in [-0.2, -0.15) is 0 Å². The van der Waals surface area contributed by atoms with Gasteiger partial charge in [-0.3, -0.25) is 15.1 Å². The molecule has 0 fully saturated rings. The normalized spacial score (nSPS) is 11.5. The lowest BCUT2D eigenvalue weighted by molar-refractivity contribution is 0.0973. The van der Waals surface area contributed by atoms with Crippen LogP contribution in [0, 0.1) is 12.7 Å². The molecule has 3 aromatic carbocycles. The van der Waals surface area contributed by atoms with Crippen molar-refractivity contribution in [3.8, 4) is 0 Å². The summed E-state index contributed by atoms with van der Waals surface area (Å²) in [5, 5.41) is 7.55. The second kappa shape index (κ2) is 9.66. The summed E-state index contributed by atoms with van der Waals surface area (Å²) in [6.07, 6.45) is 2.63. The van der Waals surface area contributed by atoms with Crippen molar-refractivity contribution in [1.29, 1.82) is 0 Å². The van der Waals surface area contributed by atoms with E-state index in [9.17, 15) is 9.18 Å². The number of amides is 1. The number of nitrogens with one attached hydrogen (secondary N) is 3. The number of carbonyl (C=O) groups excluding carboxylic acids is 1. The van der Waals surface area contributed by atoms with Crippen LogP contribution in [-0.4, -0.2) is 23.4 Å². The SMILES string of the molecule is Cc1c(Cl)cccc1NC(=NCCc1c[nH]c2ccccc12)NC(=O)c1ccccc1F. The van der Waals surface area contributed by atoms with Crippen molar-refractivity contribution in [2.45, 2.75) is 13.3 Å². The Balaban J connectivity index is 1.56. The third-order valence-electron chi connectivity index (χ3n) is 5.20. The topological polar surface area (TPSA) is 69.3 Å². The van der Waals surface area contributed by atoms with E-state index >= 15 is 0 Å². The molecule has 0 atom stereocenters. The predicted octanol–water partition coefficient (Wildman–Crippen LogP) is 5.71. The number of aromatic amines is 1. The van der Waals surface area contributed by atoms with Crippen LogP contribution in [0.25, 0.3) is 10.9 Å². The fraction of sp³-hybridized carbons (Fsp3) is 0.120. The highest BCUT2D eigenvalue weighted by atomic mass is 35.5. The molecule has 5 nitrogen and oxygen atoms in total. The molecule has 0 saturated heterocycles. The van der Waals surface area contributed by atoms with Gasteiger partial charge in [0, 0.05) is 34.4 Å². The van der Waals surface area contributed by atoms with Gasteiger partial charge in [-0.1, -0.05) is 48.0 Å². The number of aliphatic imine (C=N–C) groups is 1. The van der Waals surface area contributed by atoms with Crippen LogP contribution >= 0.6 is 11.6 Å². The minimum atomic E-state index is -0.595. The largest absolute Gasteiger partial charge is 0.361 e. The van der Waals surface area contributed by atoms with Gasteiger partial charge in [0.25, 0.3) is 5.91 Å². The molecule has 4 aromatic rings. The number of anilines is 1. The lowest BCUT2D eigenvalue weighted by atomic mass is 10.1. The number of rotatable bonds is 5. The zero-order valence-corrected chi connectivity index (χ0v) is 18.2. The molecule has 3 N–H and O–H groups in total. The zero-order valence-electron chi connectivity index (χ0n) is 17.5. The van der Waals surface area contributed by atoms with Crippen molar-refractivity contribution >= 4 is 40.1 Å². The van der Waals surface area contributed by atoms with Crippen LogP contribution in [0.5, 0.6) is 0 Å². The number of H-pyrrole nitrogens is 1. The highest BCUT2D eigenvalue weighted by Crippen LogP contribution is 2.23. The summed E-state index contributed by atoms with van der Waals surface area (Å²) in [5.74, 6) is -0.952. The van der Waals surface area contributed by atoms with Gasteiger partial charge in [-0.05, 0) is 54.8 Å². The molecule has 0 saturated carbocycles. The molecule has 0 aliphatic heterocycles. The number of benzene rings is 3. The summed E-state index contributed by atoms with van der Waals surface area (Å²) in [6, 6.07) is 19.3. The maximum absolute atomic E-state index is 14.1. The molecule has 7 heteroatoms. The Bertz CT molecular complexity index is 1300. The Morgan fingerprint density at radius 1 is 1.06 bits per heavy atom. The van der Waals surface area contributed by atoms with Gasteiger partial charge < -0.3 is 10.3 Å². The summed E-state index contributed by atoms with van der Waals surface area (Å²) in [6.45, 7) is 2.29. The first-order valence-electron chi connectivity index (χ1n) is 10.2. The molecular formula is C25H22ClFN4O. The highest BCUT2D eigenvalue weighted by molar-refractivity contribution is 6.31. The number of guanidine groups is 1. The Hall–Kier alpha value is -3.64. The van der Waals surface area contributed by atoms with E-state index in [1.165, 1.54) is 18.2 Å². The van der Waals surface area contributed by atoms with Crippen LogP contribution in [0.4, 0.5) is 10.1 Å². The molecule has 32 heavy (non-hydrogen) atoms. The first-order valence-corrected chi connectivity index (χ1v) is 10.6. The number of hydrogen-bond acceptors (Lipinski definition) is 2. The van der Waals surface area contributed by atoms with Crippen LogP contribution in [-0.2, 0) is 6.42 Å². The van der Waals surface area contributed by atoms with E-state index in [0.29, 0.717) is 23.7 Å². The maximum atomic E-state index is 14.1. The number of hydrogen-bond donors (Lipinski definition) is 3. The second-order valence-corrected chi connectivity index (χ2v) is 7.72. The highest BCUT2D eigenvalue weighted by Gasteiger charge is 2.14. The average Bonchev–Trinajstić information content (AvgIpc) is 3.20. The molecule has 0 radical (unpaired) electrons. The van der Waals surface area contributed by atoms with E-state index in [1.807, 2.05) is 37.4 Å². The summed E-state index contributed by atoms with van der Waals surface area (Å²) in [7, 11) is 0. The van der Waals surface area contributed by atoms with Gasteiger partial charge in [-0.25, -0.2) is 4.39 Å². The van der Waals surface area contributed by atoms with Crippen molar-refractivity contribution in [3.63, 3.8) is 0 Å². The third kappa shape index (κ3) is 4.81. The Labute approximate surface area is 190 Å². The minimum absolute atomic E-state index is 0.0542. The first kappa shape index (κ1) is 21.6. The Morgan fingerprint density at radius 2 is 1.84 bits per heavy atom. The Kier molecular flexibility index (Phi) is 6.52. The van der Waals surface area contributed by atoms with Gasteiger partial charge >= 0.3 is 0 Å². The molecule has 1 heterocycles. The number of para-hydroxylation sites is 1. The van der Waals surface area contributed by atoms with Crippen LogP contribution in [0.3, 0.4) is 0 Å². The number of fused-ring (bicyclic) bond motifs is 1. The molecule has 1 aromatic heterocycles. The van der Waals surface area contributed by atoms with Crippen LogP contribution in [0.1, 0.15) is 21.5 Å². The molecule has 0 unspecified atom stereocenters. The molecule has 1 amide bonds. The van der Waals surface area contributed by atoms with E-state index in [2.05, 4.69) is 26.7 Å². The van der Waals surface area contributed by atoms with Gasteiger partial charge in [0.15, 0.2) is 0 Å². The van der Waals surface area contributed by atoms with E-state index in [-0.39, 0.29) is 11.5 Å². The van der Waals surface area contributed by atoms with Gasteiger partial charge in [0.05, 0.1) is 5.56 Å². The molecule has 0 aliphatic rings. The summed E-state index contributed by atoms with van der Waals surface area (Å²) >= 11 is 6.23. The summed E-state index contributed by atoms with van der Waals surface area (Å²) in [5.41, 5.74) is 3.66. The van der Waals surface area contributed by atoms with Crippen LogP contribution in [0.2, 0.25) is 5.02 Å². The standard InChI is InChI=1S/C25H22ClFN4O/c1-16-20(26)9-6-12-22(16)30-25(31-24(32)19-8-2-4-10-21(19)27)28-14-13-17-15-29-23-11-5-3-7-18(17)23/h2-12,15,29H,13-14H2,1H3,(H2,28,30,31,32). The lowest BCUT2D eigenvalue weighted by Gasteiger charge is -2.14. The monoisotopic (exact) mass is 448 g/mol. The summed E-state index contributed by atoms with van der Waals surface area (Å²) in [4.78, 5) is 20.5. The number of carbonyl (C=O) groups is 1. The first-order chi connectivity index (χ1) is 15.5. The van der Waals surface area contributed by atoms with Crippen molar-refractivity contribution < 1.29 is 9.18 Å². The number of aromatic nitrogens is 1. The molecule has 0 bridgehead atoms. The van der Waals surface area contributed by atoms with Crippen molar-refractivity contribution in [2.75, 3.05) is 11.9 Å². The fourth-order valence-corrected chi connectivity index (χ4v) is 3.60. The van der Waals surface area contributed by atoms with E-state index in [1.54, 1.807) is 18.2 Å². The van der Waals surface area contributed by atoms with Crippen molar-refractivity contribution in [2.24, 2.45) is 4.99 Å². The second-order valence-electron chi connectivity index (χ2n) is 7.31. The van der Waals surface area contributed by atoms with Gasteiger partial charge in [0.1, 0.15) is 5.82 Å². The zero-order chi connectivity index (χ0) is 22.5. The van der Waals surface area contributed by atoms with Crippen LogP contribution < -0.4 is 10.6 Å². The quantitative estimate of drug-likeness (QED) is 0.270. The molecular weight excluding hydrogens is 427 g/mol. The predicted molar refractivity (Wildman–Crippen MR) is 128 cm³/mol. The van der Waals surface area contributed by atoms with E-state index in [0.717, 1.165) is 22.0 Å². The van der Waals surface area contributed by atoms with Crippen LogP contribution in [0.15, 0.2) is 77.9 Å². The van der Waals surface area contributed by atoms with E-state index < -0.39 is 11.7 Å². The molecule has 0 aliphatic carbocycles.